The number of hydrogen-bond acceptors (Lipinski definition) is 3. The van der Waals surface area contributed by atoms with E-state index in [0.29, 0.717) is 0 Å². The van der Waals surface area contributed by atoms with E-state index < -0.39 is 0 Å². The minimum absolute atomic E-state index is 0.721. The SMILES string of the molecule is COc1cc(OC)c2n[nH]c(I)c2c1. The fourth-order valence-corrected chi connectivity index (χ4v) is 1.84. The van der Waals surface area contributed by atoms with E-state index in [2.05, 4.69) is 32.8 Å². The topological polar surface area (TPSA) is 47.1 Å². The van der Waals surface area contributed by atoms with Crippen molar-refractivity contribution in [3.8, 4) is 11.5 Å². The molecule has 1 aromatic carbocycles. The molecule has 1 aromatic heterocycles. The Morgan fingerprint density at radius 2 is 2.07 bits per heavy atom. The van der Waals surface area contributed by atoms with Crippen LogP contribution in [0.15, 0.2) is 12.1 Å². The molecule has 14 heavy (non-hydrogen) atoms. The van der Waals surface area contributed by atoms with Crippen molar-refractivity contribution in [1.29, 1.82) is 0 Å². The number of fused-ring (bicyclic) bond motifs is 1. The van der Waals surface area contributed by atoms with Crippen LogP contribution in [0.4, 0.5) is 0 Å². The van der Waals surface area contributed by atoms with Gasteiger partial charge in [0.2, 0.25) is 0 Å². The Morgan fingerprint density at radius 3 is 2.71 bits per heavy atom. The molecule has 5 heteroatoms. The molecule has 0 aliphatic rings. The maximum Gasteiger partial charge on any atom is 0.150 e. The van der Waals surface area contributed by atoms with Crippen molar-refractivity contribution < 1.29 is 9.47 Å². The summed E-state index contributed by atoms with van der Waals surface area (Å²) in [6, 6.07) is 3.75. The number of nitrogens with one attached hydrogen (secondary N) is 1. The van der Waals surface area contributed by atoms with Gasteiger partial charge in [0.05, 0.1) is 14.2 Å². The summed E-state index contributed by atoms with van der Waals surface area (Å²) in [4.78, 5) is 0. The van der Waals surface area contributed by atoms with E-state index in [4.69, 9.17) is 9.47 Å². The normalized spacial score (nSPS) is 10.5. The molecule has 0 saturated carbocycles. The van der Waals surface area contributed by atoms with Crippen molar-refractivity contribution in [2.75, 3.05) is 14.2 Å². The molecule has 74 valence electrons. The fourth-order valence-electron chi connectivity index (χ4n) is 1.30. The standard InChI is InChI=1S/C9H9IN2O2/c1-13-5-3-6-8(7(4-5)14-2)11-12-9(6)10/h3-4H,1-2H3,(H,11,12). The van der Waals surface area contributed by atoms with E-state index in [1.807, 2.05) is 12.1 Å². The number of aromatic amines is 1. The Balaban J connectivity index is 2.76. The highest BCUT2D eigenvalue weighted by Gasteiger charge is 2.10. The van der Waals surface area contributed by atoms with Crippen molar-refractivity contribution in [3.63, 3.8) is 0 Å². The van der Waals surface area contributed by atoms with E-state index in [0.717, 1.165) is 26.1 Å². The fraction of sp³-hybridized carbons (Fsp3) is 0.222. The highest BCUT2D eigenvalue weighted by atomic mass is 127. The molecule has 0 saturated heterocycles. The number of aromatic nitrogens is 2. The van der Waals surface area contributed by atoms with Crippen molar-refractivity contribution in [1.82, 2.24) is 10.2 Å². The lowest BCUT2D eigenvalue weighted by molar-refractivity contribution is 0.397. The summed E-state index contributed by atoms with van der Waals surface area (Å²) < 4.78 is 11.4. The number of nitrogens with zero attached hydrogens (tertiary/aromatic N) is 1. The number of hydrogen-bond donors (Lipinski definition) is 1. The summed E-state index contributed by atoms with van der Waals surface area (Å²) >= 11 is 2.19. The maximum absolute atomic E-state index is 5.22. The molecule has 0 amide bonds. The van der Waals surface area contributed by atoms with E-state index in [1.165, 1.54) is 0 Å². The zero-order valence-corrected chi connectivity index (χ0v) is 9.95. The molecular formula is C9H9IN2O2. The second kappa shape index (κ2) is 3.64. The summed E-state index contributed by atoms with van der Waals surface area (Å²) in [5.74, 6) is 1.49. The number of rotatable bonds is 2. The van der Waals surface area contributed by atoms with Gasteiger partial charge in [0.1, 0.15) is 15.0 Å². The molecule has 0 fully saturated rings. The monoisotopic (exact) mass is 304 g/mol. The van der Waals surface area contributed by atoms with Crippen LogP contribution < -0.4 is 9.47 Å². The van der Waals surface area contributed by atoms with E-state index in [1.54, 1.807) is 14.2 Å². The van der Waals surface area contributed by atoms with E-state index in [-0.39, 0.29) is 0 Å². The van der Waals surface area contributed by atoms with Crippen LogP contribution >= 0.6 is 22.6 Å². The Labute approximate surface area is 94.7 Å². The average molecular weight is 304 g/mol. The first-order chi connectivity index (χ1) is 6.76. The third kappa shape index (κ3) is 1.41. The van der Waals surface area contributed by atoms with Gasteiger partial charge in [-0.15, -0.1) is 0 Å². The van der Waals surface area contributed by atoms with Gasteiger partial charge in [-0.05, 0) is 28.7 Å². The third-order valence-corrected chi connectivity index (χ3v) is 2.83. The third-order valence-electron chi connectivity index (χ3n) is 2.01. The van der Waals surface area contributed by atoms with Crippen LogP contribution in [0.25, 0.3) is 10.9 Å². The minimum Gasteiger partial charge on any atom is -0.497 e. The summed E-state index contributed by atoms with van der Waals surface area (Å²) in [5.41, 5.74) is 0.831. The second-order valence-corrected chi connectivity index (χ2v) is 3.84. The molecule has 0 unspecified atom stereocenters. The molecule has 0 aliphatic carbocycles. The summed E-state index contributed by atoms with van der Waals surface area (Å²) in [6.45, 7) is 0. The number of ether oxygens (including phenoxy) is 2. The molecule has 0 spiro atoms. The zero-order chi connectivity index (χ0) is 10.1. The lowest BCUT2D eigenvalue weighted by atomic mass is 10.2. The quantitative estimate of drug-likeness (QED) is 0.865. The van der Waals surface area contributed by atoms with Crippen LogP contribution in [0, 0.1) is 3.70 Å². The van der Waals surface area contributed by atoms with E-state index >= 15 is 0 Å². The molecule has 0 radical (unpaired) electrons. The summed E-state index contributed by atoms with van der Waals surface area (Å²) in [6.07, 6.45) is 0. The first-order valence-electron chi connectivity index (χ1n) is 4.02. The van der Waals surface area contributed by atoms with Crippen molar-refractivity contribution >= 4 is 33.5 Å². The van der Waals surface area contributed by atoms with Gasteiger partial charge in [-0.3, -0.25) is 5.10 Å². The van der Waals surface area contributed by atoms with Crippen LogP contribution in [-0.2, 0) is 0 Å². The predicted molar refractivity (Wildman–Crippen MR) is 61.9 cm³/mol. The zero-order valence-electron chi connectivity index (χ0n) is 7.80. The first kappa shape index (κ1) is 9.57. The molecule has 0 bridgehead atoms. The Morgan fingerprint density at radius 1 is 1.29 bits per heavy atom. The molecule has 2 rings (SSSR count). The molecule has 0 aliphatic heterocycles. The molecule has 1 N–H and O–H groups in total. The number of H-pyrrole nitrogens is 1. The van der Waals surface area contributed by atoms with Crippen LogP contribution in [0.5, 0.6) is 11.5 Å². The Kier molecular flexibility index (Phi) is 2.49. The van der Waals surface area contributed by atoms with Gasteiger partial charge in [0, 0.05) is 11.5 Å². The van der Waals surface area contributed by atoms with Crippen molar-refractivity contribution in [3.05, 3.63) is 15.8 Å². The van der Waals surface area contributed by atoms with Gasteiger partial charge < -0.3 is 9.47 Å². The first-order valence-corrected chi connectivity index (χ1v) is 5.09. The average Bonchev–Trinajstić information content (AvgIpc) is 2.59. The summed E-state index contributed by atoms with van der Waals surface area (Å²) in [5, 5.41) is 8.07. The molecular weight excluding hydrogens is 295 g/mol. The summed E-state index contributed by atoms with van der Waals surface area (Å²) in [7, 11) is 3.25. The Hall–Kier alpha value is -0.980. The molecule has 0 atom stereocenters. The van der Waals surface area contributed by atoms with Gasteiger partial charge in [-0.1, -0.05) is 0 Å². The molecule has 2 aromatic rings. The highest BCUT2D eigenvalue weighted by Crippen LogP contribution is 2.31. The van der Waals surface area contributed by atoms with Gasteiger partial charge in [0.25, 0.3) is 0 Å². The number of benzene rings is 1. The van der Waals surface area contributed by atoms with E-state index in [9.17, 15) is 0 Å². The lowest BCUT2D eigenvalue weighted by Gasteiger charge is -2.04. The van der Waals surface area contributed by atoms with Crippen LogP contribution in [-0.4, -0.2) is 24.4 Å². The van der Waals surface area contributed by atoms with Crippen molar-refractivity contribution in [2.24, 2.45) is 0 Å². The molecule has 1 heterocycles. The molecule has 4 nitrogen and oxygen atoms in total. The smallest absolute Gasteiger partial charge is 0.150 e. The largest absolute Gasteiger partial charge is 0.497 e. The predicted octanol–water partition coefficient (Wildman–Crippen LogP) is 2.18. The second-order valence-electron chi connectivity index (χ2n) is 2.76. The van der Waals surface area contributed by atoms with Gasteiger partial charge in [0.15, 0.2) is 5.75 Å². The highest BCUT2D eigenvalue weighted by molar-refractivity contribution is 14.1. The minimum atomic E-state index is 0.721. The van der Waals surface area contributed by atoms with Gasteiger partial charge in [-0.25, -0.2) is 0 Å². The maximum atomic E-state index is 5.22. The van der Waals surface area contributed by atoms with Crippen LogP contribution in [0.2, 0.25) is 0 Å². The Bertz CT molecular complexity index is 467. The van der Waals surface area contributed by atoms with Crippen molar-refractivity contribution in [2.45, 2.75) is 0 Å². The van der Waals surface area contributed by atoms with Gasteiger partial charge in [-0.2, -0.15) is 5.10 Å². The lowest BCUT2D eigenvalue weighted by Crippen LogP contribution is -1.88. The number of methoxy groups -OCH3 is 2. The number of halogens is 1. The van der Waals surface area contributed by atoms with Crippen LogP contribution in [0.1, 0.15) is 0 Å². The van der Waals surface area contributed by atoms with Gasteiger partial charge >= 0.3 is 0 Å². The van der Waals surface area contributed by atoms with Crippen LogP contribution in [0.3, 0.4) is 0 Å².